The maximum absolute atomic E-state index is 11.7. The molecule has 0 radical (unpaired) electrons. The van der Waals surface area contributed by atoms with E-state index < -0.39 is 0 Å². The van der Waals surface area contributed by atoms with Crippen molar-refractivity contribution in [2.24, 2.45) is 10.9 Å². The Morgan fingerprint density at radius 1 is 1.29 bits per heavy atom. The lowest BCUT2D eigenvalue weighted by Gasteiger charge is -2.11. The van der Waals surface area contributed by atoms with Crippen molar-refractivity contribution in [2.45, 2.75) is 27.2 Å². The van der Waals surface area contributed by atoms with Crippen LogP contribution in [0, 0.1) is 5.92 Å². The third kappa shape index (κ3) is 9.19. The van der Waals surface area contributed by atoms with Crippen molar-refractivity contribution in [1.29, 1.82) is 0 Å². The van der Waals surface area contributed by atoms with Gasteiger partial charge in [0, 0.05) is 39.4 Å². The maximum Gasteiger partial charge on any atom is 0.287 e. The first-order valence-corrected chi connectivity index (χ1v) is 8.55. The van der Waals surface area contributed by atoms with Gasteiger partial charge in [0.1, 0.15) is 0 Å². The van der Waals surface area contributed by atoms with Gasteiger partial charge in [-0.1, -0.05) is 13.8 Å². The first kappa shape index (κ1) is 20.0. The van der Waals surface area contributed by atoms with E-state index in [4.69, 9.17) is 9.15 Å². The lowest BCUT2D eigenvalue weighted by Crippen LogP contribution is -2.41. The predicted molar refractivity (Wildman–Crippen MR) is 95.3 cm³/mol. The molecule has 0 saturated heterocycles. The highest BCUT2D eigenvalue weighted by atomic mass is 16.5. The molecule has 7 heteroatoms. The van der Waals surface area contributed by atoms with Gasteiger partial charge in [-0.15, -0.1) is 0 Å². The number of ether oxygens (including phenoxy) is 1. The van der Waals surface area contributed by atoms with E-state index in [-0.39, 0.29) is 5.91 Å². The van der Waals surface area contributed by atoms with Gasteiger partial charge >= 0.3 is 0 Å². The van der Waals surface area contributed by atoms with Crippen molar-refractivity contribution >= 4 is 11.9 Å². The minimum absolute atomic E-state index is 0.217. The Kier molecular flexibility index (Phi) is 10.4. The highest BCUT2D eigenvalue weighted by molar-refractivity contribution is 5.91. The molecule has 0 aliphatic carbocycles. The van der Waals surface area contributed by atoms with Gasteiger partial charge in [-0.2, -0.15) is 0 Å². The Hall–Kier alpha value is -2.02. The van der Waals surface area contributed by atoms with Crippen LogP contribution in [-0.2, 0) is 4.74 Å². The molecule has 1 heterocycles. The molecule has 24 heavy (non-hydrogen) atoms. The van der Waals surface area contributed by atoms with Crippen LogP contribution in [-0.4, -0.2) is 51.3 Å². The first-order valence-electron chi connectivity index (χ1n) is 8.55. The van der Waals surface area contributed by atoms with Gasteiger partial charge in [0.25, 0.3) is 5.91 Å². The standard InChI is InChI=1S/C17H30N4O3/c1-4-18-17(20-8-6-11-23-13-14(2)3)21-10-9-19-16(22)15-7-5-12-24-15/h5,7,12,14H,4,6,8-11,13H2,1-3H3,(H,19,22)(H2,18,20,21). The largest absolute Gasteiger partial charge is 0.459 e. The molecule has 1 aromatic heterocycles. The summed E-state index contributed by atoms with van der Waals surface area (Å²) in [5.74, 6) is 1.40. The summed E-state index contributed by atoms with van der Waals surface area (Å²) in [6.45, 7) is 10.4. The Labute approximate surface area is 144 Å². The highest BCUT2D eigenvalue weighted by Crippen LogP contribution is 1.98. The fourth-order valence-corrected chi connectivity index (χ4v) is 1.87. The van der Waals surface area contributed by atoms with Crippen LogP contribution in [0.15, 0.2) is 27.8 Å². The van der Waals surface area contributed by atoms with Gasteiger partial charge in [0.05, 0.1) is 6.26 Å². The normalized spacial score (nSPS) is 11.6. The van der Waals surface area contributed by atoms with E-state index in [2.05, 4.69) is 34.8 Å². The number of rotatable bonds is 11. The lowest BCUT2D eigenvalue weighted by atomic mass is 10.2. The van der Waals surface area contributed by atoms with Gasteiger partial charge in [-0.25, -0.2) is 0 Å². The molecule has 3 N–H and O–H groups in total. The molecule has 1 aromatic rings. The fraction of sp³-hybridized carbons (Fsp3) is 0.647. The number of aliphatic imine (C=N–C) groups is 1. The summed E-state index contributed by atoms with van der Waals surface area (Å²) in [7, 11) is 0. The van der Waals surface area contributed by atoms with E-state index >= 15 is 0 Å². The van der Waals surface area contributed by atoms with Crippen LogP contribution in [0.2, 0.25) is 0 Å². The molecule has 0 bridgehead atoms. The molecule has 0 unspecified atom stereocenters. The monoisotopic (exact) mass is 338 g/mol. The number of hydrogen-bond donors (Lipinski definition) is 3. The molecule has 7 nitrogen and oxygen atoms in total. The zero-order valence-corrected chi connectivity index (χ0v) is 14.9. The second kappa shape index (κ2) is 12.4. The van der Waals surface area contributed by atoms with E-state index in [1.54, 1.807) is 12.1 Å². The molecule has 0 saturated carbocycles. The SMILES string of the molecule is CCNC(=NCCCOCC(C)C)NCCNC(=O)c1ccco1. The van der Waals surface area contributed by atoms with Gasteiger partial charge in [-0.05, 0) is 31.4 Å². The average Bonchev–Trinajstić information content (AvgIpc) is 3.08. The van der Waals surface area contributed by atoms with Crippen molar-refractivity contribution < 1.29 is 13.9 Å². The van der Waals surface area contributed by atoms with Crippen LogP contribution in [0.4, 0.5) is 0 Å². The van der Waals surface area contributed by atoms with Crippen LogP contribution in [0.1, 0.15) is 37.7 Å². The summed E-state index contributed by atoms with van der Waals surface area (Å²) < 4.78 is 10.6. The Morgan fingerprint density at radius 3 is 2.75 bits per heavy atom. The van der Waals surface area contributed by atoms with Crippen LogP contribution in [0.25, 0.3) is 0 Å². The number of nitrogens with zero attached hydrogens (tertiary/aromatic N) is 1. The molecule has 0 aromatic carbocycles. The Bertz CT molecular complexity index is 472. The van der Waals surface area contributed by atoms with E-state index in [1.807, 2.05) is 6.92 Å². The maximum atomic E-state index is 11.7. The number of furan rings is 1. The quantitative estimate of drug-likeness (QED) is 0.324. The predicted octanol–water partition coefficient (Wildman–Crippen LogP) is 1.63. The third-order valence-electron chi connectivity index (χ3n) is 2.96. The molecular formula is C17H30N4O3. The van der Waals surface area contributed by atoms with E-state index in [1.165, 1.54) is 6.26 Å². The first-order chi connectivity index (χ1) is 11.6. The molecule has 0 atom stereocenters. The summed E-state index contributed by atoms with van der Waals surface area (Å²) in [6, 6.07) is 3.32. The average molecular weight is 338 g/mol. The van der Waals surface area contributed by atoms with Gasteiger partial charge in [-0.3, -0.25) is 9.79 Å². The van der Waals surface area contributed by atoms with Gasteiger partial charge in [0.15, 0.2) is 11.7 Å². The molecule has 136 valence electrons. The van der Waals surface area contributed by atoms with Crippen molar-refractivity contribution in [1.82, 2.24) is 16.0 Å². The zero-order valence-electron chi connectivity index (χ0n) is 14.9. The third-order valence-corrected chi connectivity index (χ3v) is 2.96. The smallest absolute Gasteiger partial charge is 0.287 e. The van der Waals surface area contributed by atoms with Crippen molar-refractivity contribution in [3.8, 4) is 0 Å². The number of carbonyl (C=O) groups excluding carboxylic acids is 1. The minimum atomic E-state index is -0.217. The Morgan fingerprint density at radius 2 is 2.08 bits per heavy atom. The molecular weight excluding hydrogens is 308 g/mol. The van der Waals surface area contributed by atoms with Gasteiger partial charge < -0.3 is 25.1 Å². The van der Waals surface area contributed by atoms with E-state index in [0.29, 0.717) is 31.3 Å². The molecule has 1 amide bonds. The van der Waals surface area contributed by atoms with Crippen LogP contribution in [0.5, 0.6) is 0 Å². The van der Waals surface area contributed by atoms with E-state index in [9.17, 15) is 4.79 Å². The highest BCUT2D eigenvalue weighted by Gasteiger charge is 2.06. The van der Waals surface area contributed by atoms with Crippen molar-refractivity contribution in [2.75, 3.05) is 39.4 Å². The topological polar surface area (TPSA) is 87.9 Å². The van der Waals surface area contributed by atoms with Crippen molar-refractivity contribution in [3.63, 3.8) is 0 Å². The van der Waals surface area contributed by atoms with Crippen LogP contribution in [0.3, 0.4) is 0 Å². The second-order valence-electron chi connectivity index (χ2n) is 5.74. The summed E-state index contributed by atoms with van der Waals surface area (Å²) >= 11 is 0. The summed E-state index contributed by atoms with van der Waals surface area (Å²) in [5.41, 5.74) is 0. The number of nitrogens with one attached hydrogen (secondary N) is 3. The van der Waals surface area contributed by atoms with Gasteiger partial charge in [0.2, 0.25) is 0 Å². The molecule has 0 aliphatic rings. The van der Waals surface area contributed by atoms with Crippen LogP contribution >= 0.6 is 0 Å². The molecule has 0 aliphatic heterocycles. The zero-order chi connectivity index (χ0) is 17.6. The number of carbonyl (C=O) groups is 1. The summed E-state index contributed by atoms with van der Waals surface area (Å²) in [4.78, 5) is 16.2. The minimum Gasteiger partial charge on any atom is -0.459 e. The number of hydrogen-bond acceptors (Lipinski definition) is 4. The number of guanidine groups is 1. The molecule has 0 spiro atoms. The summed E-state index contributed by atoms with van der Waals surface area (Å²) in [6.07, 6.45) is 2.37. The molecule has 1 rings (SSSR count). The van der Waals surface area contributed by atoms with Crippen LogP contribution < -0.4 is 16.0 Å². The van der Waals surface area contributed by atoms with E-state index in [0.717, 1.165) is 32.1 Å². The molecule has 0 fully saturated rings. The summed E-state index contributed by atoms with van der Waals surface area (Å²) in [5, 5.41) is 9.14. The lowest BCUT2D eigenvalue weighted by molar-refractivity contribution is 0.0926. The fourth-order valence-electron chi connectivity index (χ4n) is 1.87. The van der Waals surface area contributed by atoms with Crippen molar-refractivity contribution in [3.05, 3.63) is 24.2 Å². The second-order valence-corrected chi connectivity index (χ2v) is 5.74. The number of amides is 1. The Balaban J connectivity index is 2.17.